The molecule has 1 aliphatic rings. The van der Waals surface area contributed by atoms with Crippen molar-refractivity contribution in [1.29, 1.82) is 0 Å². The van der Waals surface area contributed by atoms with E-state index in [0.717, 1.165) is 18.2 Å². The number of ether oxygens (including phenoxy) is 1. The van der Waals surface area contributed by atoms with Crippen LogP contribution in [0.15, 0.2) is 6.07 Å². The van der Waals surface area contributed by atoms with Crippen LogP contribution in [0.2, 0.25) is 0 Å². The van der Waals surface area contributed by atoms with Crippen molar-refractivity contribution >= 4 is 5.95 Å². The zero-order valence-corrected chi connectivity index (χ0v) is 9.81. The summed E-state index contributed by atoms with van der Waals surface area (Å²) in [5.41, 5.74) is 6.53. The van der Waals surface area contributed by atoms with Crippen LogP contribution >= 0.6 is 0 Å². The van der Waals surface area contributed by atoms with Crippen LogP contribution in [0.3, 0.4) is 0 Å². The minimum atomic E-state index is 0.565. The predicted molar refractivity (Wildman–Crippen MR) is 62.7 cm³/mol. The summed E-state index contributed by atoms with van der Waals surface area (Å²) in [6.45, 7) is 3.37. The van der Waals surface area contributed by atoms with Gasteiger partial charge in [-0.15, -0.1) is 0 Å². The Morgan fingerprint density at radius 2 is 2.25 bits per heavy atom. The highest BCUT2D eigenvalue weighted by Gasteiger charge is 2.30. The molecule has 0 aliphatic heterocycles. The zero-order valence-electron chi connectivity index (χ0n) is 9.81. The summed E-state index contributed by atoms with van der Waals surface area (Å²) in [4.78, 5) is 11.0. The van der Waals surface area contributed by atoms with Crippen LogP contribution in [0, 0.1) is 6.92 Å². The number of aryl methyl sites for hydroxylation is 1. The van der Waals surface area contributed by atoms with Gasteiger partial charge in [-0.1, -0.05) is 0 Å². The highest BCUT2D eigenvalue weighted by atomic mass is 16.5. The quantitative estimate of drug-likeness (QED) is 0.795. The van der Waals surface area contributed by atoms with Crippen LogP contribution in [0.1, 0.15) is 18.5 Å². The predicted octanol–water partition coefficient (Wildman–Crippen LogP) is 0.721. The molecule has 16 heavy (non-hydrogen) atoms. The molecule has 1 saturated carbocycles. The SMILES string of the molecule is COc1cc(C)nc(N(CCN)C2CC2)n1. The molecule has 0 radical (unpaired) electrons. The van der Waals surface area contributed by atoms with Gasteiger partial charge in [-0.3, -0.25) is 0 Å². The average Bonchev–Trinajstić information content (AvgIpc) is 3.08. The van der Waals surface area contributed by atoms with Crippen LogP contribution in [-0.2, 0) is 0 Å². The molecular weight excluding hydrogens is 204 g/mol. The fourth-order valence-electron chi connectivity index (χ4n) is 1.73. The Morgan fingerprint density at radius 3 is 2.81 bits per heavy atom. The lowest BCUT2D eigenvalue weighted by molar-refractivity contribution is 0.396. The third kappa shape index (κ3) is 2.41. The van der Waals surface area contributed by atoms with E-state index in [9.17, 15) is 0 Å². The van der Waals surface area contributed by atoms with Gasteiger partial charge in [0, 0.05) is 30.9 Å². The second-order valence-corrected chi connectivity index (χ2v) is 4.06. The van der Waals surface area contributed by atoms with Crippen LogP contribution in [0.4, 0.5) is 5.95 Å². The van der Waals surface area contributed by atoms with E-state index < -0.39 is 0 Å². The van der Waals surface area contributed by atoms with Crippen molar-refractivity contribution in [3.8, 4) is 5.88 Å². The van der Waals surface area contributed by atoms with E-state index >= 15 is 0 Å². The molecule has 0 amide bonds. The lowest BCUT2D eigenvalue weighted by Crippen LogP contribution is -2.33. The summed E-state index contributed by atoms with van der Waals surface area (Å²) < 4.78 is 5.16. The molecule has 1 aromatic rings. The molecule has 88 valence electrons. The van der Waals surface area contributed by atoms with Gasteiger partial charge in [-0.05, 0) is 19.8 Å². The van der Waals surface area contributed by atoms with Gasteiger partial charge in [-0.2, -0.15) is 4.98 Å². The molecule has 5 nitrogen and oxygen atoms in total. The molecule has 0 saturated heterocycles. The van der Waals surface area contributed by atoms with E-state index in [1.54, 1.807) is 7.11 Å². The van der Waals surface area contributed by atoms with Crippen LogP contribution < -0.4 is 15.4 Å². The van der Waals surface area contributed by atoms with Crippen molar-refractivity contribution in [2.45, 2.75) is 25.8 Å². The zero-order chi connectivity index (χ0) is 11.5. The first-order valence-corrected chi connectivity index (χ1v) is 5.61. The van der Waals surface area contributed by atoms with Crippen LogP contribution in [-0.4, -0.2) is 36.2 Å². The average molecular weight is 222 g/mol. The maximum Gasteiger partial charge on any atom is 0.229 e. The number of nitrogens with two attached hydrogens (primary N) is 1. The van der Waals surface area contributed by atoms with Gasteiger partial charge in [-0.25, -0.2) is 4.98 Å². The molecule has 2 N–H and O–H groups in total. The van der Waals surface area contributed by atoms with E-state index in [-0.39, 0.29) is 0 Å². The van der Waals surface area contributed by atoms with Crippen molar-refractivity contribution in [3.63, 3.8) is 0 Å². The van der Waals surface area contributed by atoms with E-state index in [4.69, 9.17) is 10.5 Å². The fraction of sp³-hybridized carbons (Fsp3) is 0.636. The highest BCUT2D eigenvalue weighted by Crippen LogP contribution is 2.30. The lowest BCUT2D eigenvalue weighted by atomic mass is 10.4. The Balaban J connectivity index is 2.25. The summed E-state index contributed by atoms with van der Waals surface area (Å²) in [7, 11) is 1.62. The molecule has 1 heterocycles. The minimum absolute atomic E-state index is 0.565. The van der Waals surface area contributed by atoms with Gasteiger partial charge in [0.25, 0.3) is 0 Å². The molecule has 0 aromatic carbocycles. The molecule has 1 fully saturated rings. The number of nitrogens with zero attached hydrogens (tertiary/aromatic N) is 3. The van der Waals surface area contributed by atoms with Gasteiger partial charge in [0.2, 0.25) is 11.8 Å². The van der Waals surface area contributed by atoms with E-state index in [0.29, 0.717) is 18.5 Å². The number of anilines is 1. The molecule has 0 unspecified atom stereocenters. The van der Waals surface area contributed by atoms with Crippen molar-refractivity contribution in [2.24, 2.45) is 5.73 Å². The van der Waals surface area contributed by atoms with Gasteiger partial charge in [0.1, 0.15) is 0 Å². The molecular formula is C11H18N4O. The molecule has 1 aliphatic carbocycles. The Kier molecular flexibility index (Phi) is 3.24. The van der Waals surface area contributed by atoms with Crippen molar-refractivity contribution < 1.29 is 4.74 Å². The van der Waals surface area contributed by atoms with Crippen molar-refractivity contribution in [1.82, 2.24) is 9.97 Å². The second-order valence-electron chi connectivity index (χ2n) is 4.06. The Bertz CT molecular complexity index is 365. The maximum absolute atomic E-state index is 5.61. The van der Waals surface area contributed by atoms with Gasteiger partial charge in [0.15, 0.2) is 0 Å². The minimum Gasteiger partial charge on any atom is -0.481 e. The largest absolute Gasteiger partial charge is 0.481 e. The first kappa shape index (κ1) is 11.1. The summed E-state index contributed by atoms with van der Waals surface area (Å²) in [6.07, 6.45) is 2.42. The number of aromatic nitrogens is 2. The first-order chi connectivity index (χ1) is 7.74. The lowest BCUT2D eigenvalue weighted by Gasteiger charge is -2.22. The normalized spacial score (nSPS) is 14.9. The number of methoxy groups -OCH3 is 1. The molecule has 1 aromatic heterocycles. The van der Waals surface area contributed by atoms with Crippen LogP contribution in [0.5, 0.6) is 5.88 Å². The topological polar surface area (TPSA) is 64.3 Å². The second kappa shape index (κ2) is 4.65. The molecule has 0 atom stereocenters. The van der Waals surface area contributed by atoms with Gasteiger partial charge in [0.05, 0.1) is 7.11 Å². The number of hydrogen-bond acceptors (Lipinski definition) is 5. The number of rotatable bonds is 5. The Hall–Kier alpha value is -1.36. The summed E-state index contributed by atoms with van der Waals surface area (Å²) in [5, 5.41) is 0. The smallest absolute Gasteiger partial charge is 0.229 e. The van der Waals surface area contributed by atoms with E-state index in [1.165, 1.54) is 12.8 Å². The van der Waals surface area contributed by atoms with Crippen molar-refractivity contribution in [2.75, 3.05) is 25.1 Å². The van der Waals surface area contributed by atoms with E-state index in [1.807, 2.05) is 13.0 Å². The highest BCUT2D eigenvalue weighted by molar-refractivity contribution is 5.37. The van der Waals surface area contributed by atoms with Crippen LogP contribution in [0.25, 0.3) is 0 Å². The maximum atomic E-state index is 5.61. The van der Waals surface area contributed by atoms with E-state index in [2.05, 4.69) is 14.9 Å². The third-order valence-corrected chi connectivity index (χ3v) is 2.64. The monoisotopic (exact) mass is 222 g/mol. The summed E-state index contributed by atoms with van der Waals surface area (Å²) in [5.74, 6) is 1.36. The fourth-order valence-corrected chi connectivity index (χ4v) is 1.73. The third-order valence-electron chi connectivity index (χ3n) is 2.64. The molecule has 0 spiro atoms. The number of hydrogen-bond donors (Lipinski definition) is 1. The first-order valence-electron chi connectivity index (χ1n) is 5.61. The summed E-state index contributed by atoms with van der Waals surface area (Å²) >= 11 is 0. The van der Waals surface area contributed by atoms with Crippen molar-refractivity contribution in [3.05, 3.63) is 11.8 Å². The Labute approximate surface area is 95.6 Å². The molecule has 0 bridgehead atoms. The molecule has 2 rings (SSSR count). The summed E-state index contributed by atoms with van der Waals surface area (Å²) in [6, 6.07) is 2.40. The standard InChI is InChI=1S/C11H18N4O/c1-8-7-10(16-2)14-11(13-8)15(6-5-12)9-3-4-9/h7,9H,3-6,12H2,1-2H3. The molecule has 5 heteroatoms. The Morgan fingerprint density at radius 1 is 1.50 bits per heavy atom. The van der Waals surface area contributed by atoms with Gasteiger partial charge < -0.3 is 15.4 Å². The van der Waals surface area contributed by atoms with Gasteiger partial charge >= 0.3 is 0 Å².